The van der Waals surface area contributed by atoms with Crippen molar-refractivity contribution in [3.63, 3.8) is 0 Å². The Morgan fingerprint density at radius 3 is 2.72 bits per heavy atom. The highest BCUT2D eigenvalue weighted by atomic mass is 35.5. The molecule has 1 aromatic carbocycles. The summed E-state index contributed by atoms with van der Waals surface area (Å²) >= 11 is 7.52. The average molecular weight is 286 g/mol. The Labute approximate surface area is 118 Å². The maximum absolute atomic E-state index is 11.7. The molecule has 0 aliphatic rings. The first-order valence-corrected chi connectivity index (χ1v) is 7.80. The summed E-state index contributed by atoms with van der Waals surface area (Å²) in [6.07, 6.45) is 1.97. The van der Waals surface area contributed by atoms with Crippen LogP contribution in [0.5, 0.6) is 0 Å². The van der Waals surface area contributed by atoms with E-state index in [-0.39, 0.29) is 5.91 Å². The van der Waals surface area contributed by atoms with Crippen LogP contribution in [-0.4, -0.2) is 17.7 Å². The third kappa shape index (κ3) is 5.78. The van der Waals surface area contributed by atoms with Crippen molar-refractivity contribution < 1.29 is 4.79 Å². The monoisotopic (exact) mass is 285 g/mol. The Kier molecular flexibility index (Phi) is 7.21. The molecule has 0 unspecified atom stereocenters. The highest BCUT2D eigenvalue weighted by Crippen LogP contribution is 2.16. The lowest BCUT2D eigenvalue weighted by Crippen LogP contribution is -2.35. The lowest BCUT2D eigenvalue weighted by molar-refractivity contribution is -0.119. The molecule has 0 radical (unpaired) electrons. The van der Waals surface area contributed by atoms with E-state index in [1.807, 2.05) is 24.3 Å². The maximum Gasteiger partial charge on any atom is 0.230 e. The zero-order chi connectivity index (χ0) is 13.4. The Balaban J connectivity index is 2.27. The van der Waals surface area contributed by atoms with E-state index in [4.69, 9.17) is 11.6 Å². The van der Waals surface area contributed by atoms with E-state index in [0.717, 1.165) is 29.2 Å². The zero-order valence-electron chi connectivity index (χ0n) is 10.9. The second kappa shape index (κ2) is 8.44. The van der Waals surface area contributed by atoms with Crippen molar-refractivity contribution in [3.05, 3.63) is 34.9 Å². The van der Waals surface area contributed by atoms with Gasteiger partial charge in [-0.25, -0.2) is 0 Å². The number of carbonyl (C=O) groups is 1. The summed E-state index contributed by atoms with van der Waals surface area (Å²) in [5.41, 5.74) is 1.16. The summed E-state index contributed by atoms with van der Waals surface area (Å²) in [5.74, 6) is 1.44. The number of amides is 1. The molecule has 0 atom stereocenters. The van der Waals surface area contributed by atoms with E-state index in [9.17, 15) is 4.79 Å². The quantitative estimate of drug-likeness (QED) is 0.824. The molecule has 1 amide bonds. The van der Waals surface area contributed by atoms with Crippen LogP contribution in [0.4, 0.5) is 0 Å². The maximum atomic E-state index is 11.7. The number of halogens is 1. The molecular weight excluding hydrogens is 266 g/mol. The topological polar surface area (TPSA) is 29.1 Å². The van der Waals surface area contributed by atoms with Crippen LogP contribution >= 0.6 is 23.4 Å². The van der Waals surface area contributed by atoms with Crippen molar-refractivity contribution in [1.29, 1.82) is 0 Å². The van der Waals surface area contributed by atoms with Gasteiger partial charge in [-0.05, 0) is 30.5 Å². The molecule has 0 saturated heterocycles. The van der Waals surface area contributed by atoms with Crippen LogP contribution in [-0.2, 0) is 10.5 Å². The molecule has 100 valence electrons. The van der Waals surface area contributed by atoms with Gasteiger partial charge < -0.3 is 5.32 Å². The van der Waals surface area contributed by atoms with Gasteiger partial charge in [0.1, 0.15) is 0 Å². The van der Waals surface area contributed by atoms with Gasteiger partial charge in [0.2, 0.25) is 5.91 Å². The van der Waals surface area contributed by atoms with E-state index < -0.39 is 0 Å². The molecule has 0 aliphatic heterocycles. The van der Waals surface area contributed by atoms with Gasteiger partial charge in [-0.3, -0.25) is 4.79 Å². The first kappa shape index (κ1) is 15.4. The van der Waals surface area contributed by atoms with Gasteiger partial charge in [0.25, 0.3) is 0 Å². The predicted octanol–water partition coefficient (Wildman–Crippen LogP) is 3.88. The van der Waals surface area contributed by atoms with E-state index >= 15 is 0 Å². The number of benzene rings is 1. The van der Waals surface area contributed by atoms with Gasteiger partial charge in [-0.15, -0.1) is 11.8 Å². The lowest BCUT2D eigenvalue weighted by Gasteiger charge is -2.14. The van der Waals surface area contributed by atoms with Gasteiger partial charge in [0.15, 0.2) is 0 Å². The van der Waals surface area contributed by atoms with Gasteiger partial charge in [0, 0.05) is 16.8 Å². The van der Waals surface area contributed by atoms with Crippen molar-refractivity contribution in [2.24, 2.45) is 0 Å². The van der Waals surface area contributed by atoms with Crippen molar-refractivity contribution in [3.8, 4) is 0 Å². The summed E-state index contributed by atoms with van der Waals surface area (Å²) in [5, 5.41) is 3.77. The van der Waals surface area contributed by atoms with Crippen LogP contribution < -0.4 is 5.32 Å². The van der Waals surface area contributed by atoms with Crippen LogP contribution in [0.1, 0.15) is 32.3 Å². The van der Waals surface area contributed by atoms with E-state index in [0.29, 0.717) is 11.8 Å². The molecule has 1 aromatic rings. The van der Waals surface area contributed by atoms with Crippen LogP contribution in [0, 0.1) is 0 Å². The summed E-state index contributed by atoms with van der Waals surface area (Å²) in [7, 11) is 0. The number of rotatable bonds is 7. The second-order valence-corrected chi connectivity index (χ2v) is 5.63. The third-order valence-corrected chi connectivity index (χ3v) is 3.98. The van der Waals surface area contributed by atoms with Crippen LogP contribution in [0.2, 0.25) is 5.02 Å². The van der Waals surface area contributed by atoms with Gasteiger partial charge >= 0.3 is 0 Å². The van der Waals surface area contributed by atoms with E-state index in [1.165, 1.54) is 0 Å². The summed E-state index contributed by atoms with van der Waals surface area (Å²) < 4.78 is 0. The Morgan fingerprint density at radius 1 is 1.39 bits per heavy atom. The smallest absolute Gasteiger partial charge is 0.230 e. The predicted molar refractivity (Wildman–Crippen MR) is 80.1 cm³/mol. The molecule has 1 rings (SSSR count). The van der Waals surface area contributed by atoms with Gasteiger partial charge in [-0.1, -0.05) is 37.6 Å². The highest BCUT2D eigenvalue weighted by molar-refractivity contribution is 7.99. The molecule has 4 heteroatoms. The standard InChI is InChI=1S/C14H20ClNOS/c1-3-13(4-2)16-14(17)10-18-9-11-6-5-7-12(15)8-11/h5-8,13H,3-4,9-10H2,1-2H3,(H,16,17). The molecule has 0 fully saturated rings. The number of hydrogen-bond acceptors (Lipinski definition) is 2. The van der Waals surface area contributed by atoms with E-state index in [2.05, 4.69) is 19.2 Å². The van der Waals surface area contributed by atoms with Gasteiger partial charge in [0.05, 0.1) is 5.75 Å². The minimum atomic E-state index is 0.121. The van der Waals surface area contributed by atoms with Crippen molar-refractivity contribution in [1.82, 2.24) is 5.32 Å². The molecule has 0 saturated carbocycles. The van der Waals surface area contributed by atoms with Crippen LogP contribution in [0.15, 0.2) is 24.3 Å². The van der Waals surface area contributed by atoms with Crippen LogP contribution in [0.3, 0.4) is 0 Å². The summed E-state index contributed by atoms with van der Waals surface area (Å²) in [6, 6.07) is 8.06. The number of thioether (sulfide) groups is 1. The van der Waals surface area contributed by atoms with Gasteiger partial charge in [-0.2, -0.15) is 0 Å². The fourth-order valence-electron chi connectivity index (χ4n) is 1.65. The van der Waals surface area contributed by atoms with Crippen molar-refractivity contribution >= 4 is 29.3 Å². The molecular formula is C14H20ClNOS. The number of hydrogen-bond donors (Lipinski definition) is 1. The second-order valence-electron chi connectivity index (χ2n) is 4.20. The molecule has 0 bridgehead atoms. The van der Waals surface area contributed by atoms with Crippen molar-refractivity contribution in [2.45, 2.75) is 38.5 Å². The average Bonchev–Trinajstić information content (AvgIpc) is 2.36. The van der Waals surface area contributed by atoms with Crippen molar-refractivity contribution in [2.75, 3.05) is 5.75 Å². The Bertz CT molecular complexity index is 380. The highest BCUT2D eigenvalue weighted by Gasteiger charge is 2.08. The van der Waals surface area contributed by atoms with E-state index in [1.54, 1.807) is 11.8 Å². The largest absolute Gasteiger partial charge is 0.353 e. The minimum Gasteiger partial charge on any atom is -0.353 e. The third-order valence-electron chi connectivity index (χ3n) is 2.74. The molecule has 0 aliphatic carbocycles. The lowest BCUT2D eigenvalue weighted by atomic mass is 10.2. The summed E-state index contributed by atoms with van der Waals surface area (Å²) in [4.78, 5) is 11.7. The fraction of sp³-hybridized carbons (Fsp3) is 0.500. The summed E-state index contributed by atoms with van der Waals surface area (Å²) in [6.45, 7) is 4.18. The Morgan fingerprint density at radius 2 is 2.11 bits per heavy atom. The zero-order valence-corrected chi connectivity index (χ0v) is 12.5. The molecule has 18 heavy (non-hydrogen) atoms. The van der Waals surface area contributed by atoms with Crippen LogP contribution in [0.25, 0.3) is 0 Å². The molecule has 0 heterocycles. The first-order valence-electron chi connectivity index (χ1n) is 6.27. The number of nitrogens with one attached hydrogen (secondary N) is 1. The molecule has 0 aromatic heterocycles. The Hall–Kier alpha value is -0.670. The SMILES string of the molecule is CCC(CC)NC(=O)CSCc1cccc(Cl)c1. The molecule has 0 spiro atoms. The minimum absolute atomic E-state index is 0.121. The molecule has 2 nitrogen and oxygen atoms in total. The fourth-order valence-corrected chi connectivity index (χ4v) is 2.65. The molecule has 1 N–H and O–H groups in total. The normalized spacial score (nSPS) is 10.7. The first-order chi connectivity index (χ1) is 8.65. The number of carbonyl (C=O) groups excluding carboxylic acids is 1.